The topological polar surface area (TPSA) is 58.1 Å². The Morgan fingerprint density at radius 2 is 2.14 bits per heavy atom. The molecule has 0 saturated carbocycles. The highest BCUT2D eigenvalue weighted by Crippen LogP contribution is 2.28. The van der Waals surface area contributed by atoms with Crippen molar-refractivity contribution in [1.29, 1.82) is 0 Å². The van der Waals surface area contributed by atoms with Crippen LogP contribution in [0.3, 0.4) is 0 Å². The molecule has 3 aromatic heterocycles. The minimum atomic E-state index is -0.0941. The Labute approximate surface area is 140 Å². The van der Waals surface area contributed by atoms with Gasteiger partial charge in [-0.1, -0.05) is 6.07 Å². The van der Waals surface area contributed by atoms with Gasteiger partial charge in [0.25, 0.3) is 5.91 Å². The first-order chi connectivity index (χ1) is 10.7. The quantitative estimate of drug-likeness (QED) is 0.763. The number of thiazole rings is 2. The van der Waals surface area contributed by atoms with Crippen LogP contribution in [0.25, 0.3) is 9.88 Å². The monoisotopic (exact) mass is 350 g/mol. The van der Waals surface area contributed by atoms with Crippen molar-refractivity contribution in [3.63, 3.8) is 0 Å². The van der Waals surface area contributed by atoms with Crippen molar-refractivity contribution in [2.45, 2.75) is 6.54 Å². The number of thiophene rings is 1. The number of hydrogen-bond acceptors (Lipinski definition) is 7. The van der Waals surface area contributed by atoms with E-state index < -0.39 is 0 Å². The number of hydrogen-bond donors (Lipinski definition) is 1. The fraction of sp³-hybridized carbons (Fsp3) is 0.214. The van der Waals surface area contributed by atoms with Crippen LogP contribution in [0.4, 0.5) is 5.13 Å². The molecule has 1 amide bonds. The second-order valence-corrected chi connectivity index (χ2v) is 7.23. The van der Waals surface area contributed by atoms with Crippen molar-refractivity contribution in [2.24, 2.45) is 0 Å². The summed E-state index contributed by atoms with van der Waals surface area (Å²) in [7, 11) is 3.56. The summed E-state index contributed by atoms with van der Waals surface area (Å²) in [6.45, 7) is 0.479. The van der Waals surface area contributed by atoms with E-state index in [1.54, 1.807) is 47.0 Å². The maximum atomic E-state index is 12.3. The number of carbonyl (C=O) groups is 1. The number of nitrogens with zero attached hydrogens (tertiary/aromatic N) is 3. The van der Waals surface area contributed by atoms with E-state index in [4.69, 9.17) is 0 Å². The minimum absolute atomic E-state index is 0.0941. The van der Waals surface area contributed by atoms with E-state index in [0.717, 1.165) is 20.7 Å². The van der Waals surface area contributed by atoms with Crippen LogP contribution in [0.5, 0.6) is 0 Å². The molecule has 22 heavy (non-hydrogen) atoms. The maximum absolute atomic E-state index is 12.3. The summed E-state index contributed by atoms with van der Waals surface area (Å²) >= 11 is 4.69. The number of anilines is 1. The summed E-state index contributed by atoms with van der Waals surface area (Å²) in [6, 6.07) is 4.06. The number of amides is 1. The van der Waals surface area contributed by atoms with Gasteiger partial charge in [0.05, 0.1) is 17.1 Å². The Morgan fingerprint density at radius 1 is 1.27 bits per heavy atom. The lowest BCUT2D eigenvalue weighted by atomic mass is 10.3. The van der Waals surface area contributed by atoms with Gasteiger partial charge in [0.2, 0.25) is 0 Å². The Hall–Kier alpha value is -1.77. The van der Waals surface area contributed by atoms with E-state index >= 15 is 0 Å². The van der Waals surface area contributed by atoms with E-state index in [-0.39, 0.29) is 5.91 Å². The van der Waals surface area contributed by atoms with E-state index in [1.165, 1.54) is 11.3 Å². The van der Waals surface area contributed by atoms with E-state index in [0.29, 0.717) is 12.2 Å². The molecule has 0 radical (unpaired) electrons. The van der Waals surface area contributed by atoms with E-state index in [9.17, 15) is 4.79 Å². The van der Waals surface area contributed by atoms with Crippen molar-refractivity contribution in [3.8, 4) is 9.88 Å². The molecule has 0 saturated heterocycles. The molecule has 0 unspecified atom stereocenters. The van der Waals surface area contributed by atoms with Crippen molar-refractivity contribution < 1.29 is 4.79 Å². The van der Waals surface area contributed by atoms with Crippen LogP contribution in [-0.4, -0.2) is 34.9 Å². The summed E-state index contributed by atoms with van der Waals surface area (Å²) in [5.41, 5.74) is 1.36. The van der Waals surface area contributed by atoms with Crippen molar-refractivity contribution in [1.82, 2.24) is 14.9 Å². The van der Waals surface area contributed by atoms with Gasteiger partial charge in [0.15, 0.2) is 5.13 Å². The zero-order chi connectivity index (χ0) is 15.5. The molecule has 8 heteroatoms. The second kappa shape index (κ2) is 6.55. The summed E-state index contributed by atoms with van der Waals surface area (Å²) in [6.07, 6.45) is 0. The van der Waals surface area contributed by atoms with Gasteiger partial charge < -0.3 is 10.2 Å². The molecule has 1 N–H and O–H groups in total. The first-order valence-corrected chi connectivity index (χ1v) is 9.18. The lowest BCUT2D eigenvalue weighted by Gasteiger charge is -2.14. The summed E-state index contributed by atoms with van der Waals surface area (Å²) < 4.78 is 0. The first-order valence-electron chi connectivity index (χ1n) is 6.54. The van der Waals surface area contributed by atoms with Crippen LogP contribution in [0, 0.1) is 0 Å². The molecule has 3 aromatic rings. The zero-order valence-corrected chi connectivity index (χ0v) is 14.5. The summed E-state index contributed by atoms with van der Waals surface area (Å²) in [5.74, 6) is -0.0941. The average molecular weight is 350 g/mol. The van der Waals surface area contributed by atoms with Crippen LogP contribution >= 0.6 is 34.0 Å². The lowest BCUT2D eigenvalue weighted by molar-refractivity contribution is 0.0779. The molecule has 0 atom stereocenters. The number of rotatable bonds is 5. The molecule has 0 fully saturated rings. The van der Waals surface area contributed by atoms with Gasteiger partial charge in [-0.2, -0.15) is 0 Å². The third-order valence-corrected chi connectivity index (χ3v) is 5.76. The Morgan fingerprint density at radius 3 is 2.82 bits per heavy atom. The van der Waals surface area contributed by atoms with E-state index in [1.807, 2.05) is 16.8 Å². The average Bonchev–Trinajstić information content (AvgIpc) is 3.26. The first kappa shape index (κ1) is 15.1. The Kier molecular flexibility index (Phi) is 4.51. The largest absolute Gasteiger partial charge is 0.365 e. The lowest BCUT2D eigenvalue weighted by Crippen LogP contribution is -2.26. The highest BCUT2D eigenvalue weighted by molar-refractivity contribution is 7.20. The molecule has 0 aromatic carbocycles. The van der Waals surface area contributed by atoms with Crippen LogP contribution in [0.1, 0.15) is 16.2 Å². The third-order valence-electron chi connectivity index (χ3n) is 2.97. The highest BCUT2D eigenvalue weighted by atomic mass is 32.1. The molecule has 0 aliphatic heterocycles. The van der Waals surface area contributed by atoms with Crippen LogP contribution in [-0.2, 0) is 6.54 Å². The van der Waals surface area contributed by atoms with Crippen LogP contribution in [0.15, 0.2) is 28.3 Å². The predicted molar refractivity (Wildman–Crippen MR) is 92.9 cm³/mol. The number of aromatic nitrogens is 2. The van der Waals surface area contributed by atoms with Crippen LogP contribution in [0.2, 0.25) is 0 Å². The zero-order valence-electron chi connectivity index (χ0n) is 12.1. The Bertz CT molecular complexity index is 763. The fourth-order valence-corrected chi connectivity index (χ4v) is 4.16. The molecule has 0 spiro atoms. The summed E-state index contributed by atoms with van der Waals surface area (Å²) in [4.78, 5) is 24.0. The Balaban J connectivity index is 1.68. The van der Waals surface area contributed by atoms with E-state index in [2.05, 4.69) is 21.4 Å². The van der Waals surface area contributed by atoms with Gasteiger partial charge >= 0.3 is 0 Å². The second-order valence-electron chi connectivity index (χ2n) is 4.57. The SMILES string of the molecule is CNc1nc(C(=O)N(C)Cc2csc(-c3cccs3)n2)cs1. The van der Waals surface area contributed by atoms with Crippen molar-refractivity contribution >= 4 is 45.0 Å². The van der Waals surface area contributed by atoms with Gasteiger partial charge in [0, 0.05) is 24.9 Å². The highest BCUT2D eigenvalue weighted by Gasteiger charge is 2.17. The van der Waals surface area contributed by atoms with Crippen molar-refractivity contribution in [2.75, 3.05) is 19.4 Å². The smallest absolute Gasteiger partial charge is 0.273 e. The molecule has 0 aliphatic carbocycles. The summed E-state index contributed by atoms with van der Waals surface area (Å²) in [5, 5.41) is 10.5. The molecule has 5 nitrogen and oxygen atoms in total. The predicted octanol–water partition coefficient (Wildman–Crippen LogP) is 3.64. The molecule has 0 bridgehead atoms. The molecular formula is C14H14N4OS3. The molecule has 3 rings (SSSR count). The fourth-order valence-electron chi connectivity index (χ4n) is 1.89. The van der Waals surface area contributed by atoms with Gasteiger partial charge in [-0.25, -0.2) is 9.97 Å². The van der Waals surface area contributed by atoms with Gasteiger partial charge in [-0.05, 0) is 11.4 Å². The van der Waals surface area contributed by atoms with Crippen molar-refractivity contribution in [3.05, 3.63) is 39.7 Å². The number of nitrogens with one attached hydrogen (secondary N) is 1. The molecule has 0 aliphatic rings. The standard InChI is InChI=1S/C14H14N4OS3/c1-15-14-17-10(8-22-14)13(19)18(2)6-9-7-21-12(16-9)11-4-3-5-20-11/h3-5,7-8H,6H2,1-2H3,(H,15,17). The minimum Gasteiger partial charge on any atom is -0.365 e. The molecule has 3 heterocycles. The number of carbonyl (C=O) groups excluding carboxylic acids is 1. The normalized spacial score (nSPS) is 10.6. The van der Waals surface area contributed by atoms with Gasteiger partial charge in [-0.3, -0.25) is 4.79 Å². The van der Waals surface area contributed by atoms with Gasteiger partial charge in [0.1, 0.15) is 10.7 Å². The molecule has 114 valence electrons. The maximum Gasteiger partial charge on any atom is 0.273 e. The molecular weight excluding hydrogens is 336 g/mol. The van der Waals surface area contributed by atoms with Gasteiger partial charge in [-0.15, -0.1) is 34.0 Å². The van der Waals surface area contributed by atoms with Crippen LogP contribution < -0.4 is 5.32 Å². The third kappa shape index (κ3) is 3.18.